The zero-order valence-corrected chi connectivity index (χ0v) is 16.3. The lowest BCUT2D eigenvalue weighted by Gasteiger charge is -2.17. The average Bonchev–Trinajstić information content (AvgIpc) is 3.29. The van der Waals surface area contributed by atoms with Gasteiger partial charge in [0.2, 0.25) is 0 Å². The Bertz CT molecular complexity index is 914. The summed E-state index contributed by atoms with van der Waals surface area (Å²) in [5.74, 6) is 1.22. The second-order valence-corrected chi connectivity index (χ2v) is 7.25. The molecule has 1 saturated heterocycles. The topological polar surface area (TPSA) is 54.5 Å². The summed E-state index contributed by atoms with van der Waals surface area (Å²) >= 11 is 0. The normalized spacial score (nSPS) is 15.9. The van der Waals surface area contributed by atoms with Crippen molar-refractivity contribution >= 4 is 6.03 Å². The van der Waals surface area contributed by atoms with E-state index in [0.717, 1.165) is 36.5 Å². The molecule has 1 aromatic heterocycles. The van der Waals surface area contributed by atoms with Crippen molar-refractivity contribution in [2.45, 2.75) is 25.5 Å². The molecule has 0 aliphatic carbocycles. The Morgan fingerprint density at radius 2 is 1.83 bits per heavy atom. The number of aromatic nitrogens is 1. The van der Waals surface area contributed by atoms with Crippen LogP contribution in [0.5, 0.6) is 5.75 Å². The predicted octanol–water partition coefficient (Wildman–Crippen LogP) is 4.36. The molecule has 29 heavy (non-hydrogen) atoms. The summed E-state index contributed by atoms with van der Waals surface area (Å²) in [6, 6.07) is 24.0. The van der Waals surface area contributed by atoms with Gasteiger partial charge in [0.05, 0.1) is 5.69 Å². The minimum Gasteiger partial charge on any atom is -0.487 e. The lowest BCUT2D eigenvalue weighted by Crippen LogP contribution is -2.37. The first-order chi connectivity index (χ1) is 14.3. The molecule has 1 fully saturated rings. The third kappa shape index (κ3) is 5.13. The maximum absolute atomic E-state index is 12.5. The second kappa shape index (κ2) is 9.24. The van der Waals surface area contributed by atoms with Gasteiger partial charge in [-0.2, -0.15) is 0 Å². The van der Waals surface area contributed by atoms with Crippen molar-refractivity contribution in [2.75, 3.05) is 13.1 Å². The maximum atomic E-state index is 12.5. The number of rotatable bonds is 6. The molecule has 2 aromatic carbocycles. The molecular weight excluding hydrogens is 362 g/mol. The molecule has 0 radical (unpaired) electrons. The van der Waals surface area contributed by atoms with Gasteiger partial charge in [0, 0.05) is 31.7 Å². The molecular formula is C24H25N3O2. The summed E-state index contributed by atoms with van der Waals surface area (Å²) in [6.45, 7) is 2.52. The number of ether oxygens (including phenoxy) is 1. The predicted molar refractivity (Wildman–Crippen MR) is 113 cm³/mol. The molecule has 1 atom stereocenters. The SMILES string of the molecule is O=C(NCc1ccc(OCc2ccccn2)cc1)N1CCC(c2ccccc2)C1. The summed E-state index contributed by atoms with van der Waals surface area (Å²) in [7, 11) is 0. The summed E-state index contributed by atoms with van der Waals surface area (Å²) in [4.78, 5) is 18.7. The molecule has 2 heterocycles. The Balaban J connectivity index is 1.23. The maximum Gasteiger partial charge on any atom is 0.317 e. The summed E-state index contributed by atoms with van der Waals surface area (Å²) in [5, 5.41) is 3.03. The fourth-order valence-corrected chi connectivity index (χ4v) is 3.58. The standard InChI is InChI=1S/C24H25N3O2/c28-24(27-15-13-21(17-27)20-6-2-1-3-7-20)26-16-19-9-11-23(12-10-19)29-18-22-8-4-5-14-25-22/h1-12,14,21H,13,15-18H2,(H,26,28). The molecule has 0 bridgehead atoms. The van der Waals surface area contributed by atoms with Crippen molar-refractivity contribution in [3.63, 3.8) is 0 Å². The number of nitrogens with zero attached hydrogens (tertiary/aromatic N) is 2. The Morgan fingerprint density at radius 3 is 2.59 bits per heavy atom. The Kier molecular flexibility index (Phi) is 6.05. The van der Waals surface area contributed by atoms with Gasteiger partial charge >= 0.3 is 6.03 Å². The molecule has 1 unspecified atom stereocenters. The number of benzene rings is 2. The van der Waals surface area contributed by atoms with Crippen molar-refractivity contribution in [1.82, 2.24) is 15.2 Å². The van der Waals surface area contributed by atoms with Crippen LogP contribution in [-0.4, -0.2) is 29.0 Å². The number of amides is 2. The first-order valence-electron chi connectivity index (χ1n) is 9.97. The Morgan fingerprint density at radius 1 is 1.03 bits per heavy atom. The van der Waals surface area contributed by atoms with Crippen LogP contribution in [0.25, 0.3) is 0 Å². The van der Waals surface area contributed by atoms with Crippen LogP contribution < -0.4 is 10.1 Å². The molecule has 1 aliphatic rings. The molecule has 5 nitrogen and oxygen atoms in total. The van der Waals surface area contributed by atoms with Crippen LogP contribution >= 0.6 is 0 Å². The average molecular weight is 387 g/mol. The molecule has 5 heteroatoms. The van der Waals surface area contributed by atoms with E-state index in [2.05, 4.69) is 34.6 Å². The highest BCUT2D eigenvalue weighted by Gasteiger charge is 2.26. The fourth-order valence-electron chi connectivity index (χ4n) is 3.58. The van der Waals surface area contributed by atoms with E-state index < -0.39 is 0 Å². The number of carbonyl (C=O) groups excluding carboxylic acids is 1. The molecule has 0 spiro atoms. The van der Waals surface area contributed by atoms with E-state index in [0.29, 0.717) is 19.1 Å². The van der Waals surface area contributed by atoms with Gasteiger partial charge in [0.25, 0.3) is 0 Å². The van der Waals surface area contributed by atoms with E-state index in [1.807, 2.05) is 53.4 Å². The van der Waals surface area contributed by atoms with Crippen molar-refractivity contribution in [1.29, 1.82) is 0 Å². The zero-order chi connectivity index (χ0) is 19.9. The van der Waals surface area contributed by atoms with Gasteiger partial charge in [-0.15, -0.1) is 0 Å². The number of nitrogens with one attached hydrogen (secondary N) is 1. The minimum absolute atomic E-state index is 0.00101. The molecule has 0 saturated carbocycles. The van der Waals surface area contributed by atoms with E-state index in [1.165, 1.54) is 5.56 Å². The summed E-state index contributed by atoms with van der Waals surface area (Å²) in [6.07, 6.45) is 2.77. The van der Waals surface area contributed by atoms with E-state index in [9.17, 15) is 4.79 Å². The van der Waals surface area contributed by atoms with E-state index in [1.54, 1.807) is 6.20 Å². The Labute approximate surface area is 171 Å². The number of likely N-dealkylation sites (tertiary alicyclic amines) is 1. The molecule has 148 valence electrons. The molecule has 4 rings (SSSR count). The van der Waals surface area contributed by atoms with Crippen LogP contribution in [0.4, 0.5) is 4.79 Å². The third-order valence-electron chi connectivity index (χ3n) is 5.23. The fraction of sp³-hybridized carbons (Fsp3) is 0.250. The van der Waals surface area contributed by atoms with E-state index >= 15 is 0 Å². The lowest BCUT2D eigenvalue weighted by atomic mass is 9.99. The number of urea groups is 1. The summed E-state index contributed by atoms with van der Waals surface area (Å²) in [5.41, 5.74) is 3.25. The van der Waals surface area contributed by atoms with Crippen LogP contribution in [0, 0.1) is 0 Å². The van der Waals surface area contributed by atoms with Crippen LogP contribution in [-0.2, 0) is 13.2 Å². The van der Waals surface area contributed by atoms with Crippen LogP contribution in [0.2, 0.25) is 0 Å². The van der Waals surface area contributed by atoms with Gasteiger partial charge in [0.15, 0.2) is 0 Å². The van der Waals surface area contributed by atoms with Gasteiger partial charge in [-0.05, 0) is 41.8 Å². The first-order valence-corrected chi connectivity index (χ1v) is 9.97. The van der Waals surface area contributed by atoms with Crippen molar-refractivity contribution in [3.8, 4) is 5.75 Å². The molecule has 1 aliphatic heterocycles. The highest BCUT2D eigenvalue weighted by molar-refractivity contribution is 5.74. The molecule has 1 N–H and O–H groups in total. The number of hydrogen-bond donors (Lipinski definition) is 1. The zero-order valence-electron chi connectivity index (χ0n) is 16.3. The van der Waals surface area contributed by atoms with Crippen molar-refractivity contribution in [3.05, 3.63) is 95.8 Å². The highest BCUT2D eigenvalue weighted by Crippen LogP contribution is 2.26. The Hall–Kier alpha value is -3.34. The first kappa shape index (κ1) is 19.0. The monoisotopic (exact) mass is 387 g/mol. The summed E-state index contributed by atoms with van der Waals surface area (Å²) < 4.78 is 5.75. The van der Waals surface area contributed by atoms with Crippen LogP contribution in [0.3, 0.4) is 0 Å². The van der Waals surface area contributed by atoms with Crippen LogP contribution in [0.1, 0.15) is 29.2 Å². The largest absolute Gasteiger partial charge is 0.487 e. The van der Waals surface area contributed by atoms with Crippen molar-refractivity contribution < 1.29 is 9.53 Å². The quantitative estimate of drug-likeness (QED) is 0.684. The molecule has 2 amide bonds. The van der Waals surface area contributed by atoms with E-state index in [-0.39, 0.29) is 6.03 Å². The number of carbonyl (C=O) groups is 1. The second-order valence-electron chi connectivity index (χ2n) is 7.25. The smallest absolute Gasteiger partial charge is 0.317 e. The highest BCUT2D eigenvalue weighted by atomic mass is 16.5. The van der Waals surface area contributed by atoms with Crippen LogP contribution in [0.15, 0.2) is 79.0 Å². The van der Waals surface area contributed by atoms with Gasteiger partial charge in [-0.1, -0.05) is 48.5 Å². The van der Waals surface area contributed by atoms with Gasteiger partial charge < -0.3 is 15.0 Å². The molecule has 3 aromatic rings. The number of hydrogen-bond acceptors (Lipinski definition) is 3. The van der Waals surface area contributed by atoms with Crippen molar-refractivity contribution in [2.24, 2.45) is 0 Å². The van der Waals surface area contributed by atoms with Gasteiger partial charge in [0.1, 0.15) is 12.4 Å². The van der Waals surface area contributed by atoms with Gasteiger partial charge in [-0.25, -0.2) is 4.79 Å². The lowest BCUT2D eigenvalue weighted by molar-refractivity contribution is 0.208. The number of pyridine rings is 1. The van der Waals surface area contributed by atoms with E-state index in [4.69, 9.17) is 4.74 Å². The van der Waals surface area contributed by atoms with Gasteiger partial charge in [-0.3, -0.25) is 4.98 Å². The third-order valence-corrected chi connectivity index (χ3v) is 5.23. The minimum atomic E-state index is -0.00101.